The van der Waals surface area contributed by atoms with Crippen molar-refractivity contribution in [3.8, 4) is 0 Å². The number of benzene rings is 1. The molecule has 1 N–H and O–H groups in total. The van der Waals surface area contributed by atoms with Crippen molar-refractivity contribution in [1.82, 2.24) is 9.88 Å². The van der Waals surface area contributed by atoms with Gasteiger partial charge >= 0.3 is 0 Å². The minimum absolute atomic E-state index is 0.301. The van der Waals surface area contributed by atoms with Crippen molar-refractivity contribution >= 4 is 10.9 Å². The van der Waals surface area contributed by atoms with Gasteiger partial charge in [-0.2, -0.15) is 0 Å². The summed E-state index contributed by atoms with van der Waals surface area (Å²) in [7, 11) is 0. The predicted molar refractivity (Wildman–Crippen MR) is 82.9 cm³/mol. The Morgan fingerprint density at radius 3 is 2.90 bits per heavy atom. The molecule has 0 radical (unpaired) electrons. The van der Waals surface area contributed by atoms with Crippen LogP contribution in [0.4, 0.5) is 0 Å². The molecule has 0 amide bonds. The van der Waals surface area contributed by atoms with Gasteiger partial charge in [0.2, 0.25) is 0 Å². The molecule has 3 nitrogen and oxygen atoms in total. The third-order valence-electron chi connectivity index (χ3n) is 3.79. The third-order valence-corrected chi connectivity index (χ3v) is 3.79. The largest absolute Gasteiger partial charge is 0.377 e. The maximum atomic E-state index is 5.65. The molecule has 1 aliphatic rings. The molecule has 1 saturated carbocycles. The summed E-state index contributed by atoms with van der Waals surface area (Å²) in [6.07, 6.45) is 5.14. The highest BCUT2D eigenvalue weighted by molar-refractivity contribution is 5.80. The Hall–Kier alpha value is -1.32. The number of nitrogens with zero attached hydrogens (tertiary/aromatic N) is 1. The van der Waals surface area contributed by atoms with Gasteiger partial charge < -0.3 is 14.6 Å². The fourth-order valence-electron chi connectivity index (χ4n) is 2.47. The summed E-state index contributed by atoms with van der Waals surface area (Å²) < 4.78 is 7.94. The van der Waals surface area contributed by atoms with E-state index in [2.05, 4.69) is 54.2 Å². The van der Waals surface area contributed by atoms with E-state index in [9.17, 15) is 0 Å². The van der Waals surface area contributed by atoms with Crippen molar-refractivity contribution in [2.75, 3.05) is 6.61 Å². The van der Waals surface area contributed by atoms with E-state index < -0.39 is 0 Å². The van der Waals surface area contributed by atoms with E-state index in [4.69, 9.17) is 4.74 Å². The van der Waals surface area contributed by atoms with Gasteiger partial charge in [0.1, 0.15) is 0 Å². The van der Waals surface area contributed by atoms with Crippen LogP contribution >= 0.6 is 0 Å². The van der Waals surface area contributed by atoms with Crippen LogP contribution in [-0.4, -0.2) is 23.3 Å². The molecule has 3 heteroatoms. The van der Waals surface area contributed by atoms with E-state index in [1.165, 1.54) is 29.3 Å². The van der Waals surface area contributed by atoms with Crippen LogP contribution in [0.2, 0.25) is 0 Å². The van der Waals surface area contributed by atoms with Crippen LogP contribution in [0.1, 0.15) is 32.3 Å². The Labute approximate surface area is 120 Å². The molecule has 0 atom stereocenters. The van der Waals surface area contributed by atoms with Crippen LogP contribution in [0, 0.1) is 0 Å². The standard InChI is InChI=1S/C17H24N2O/c1-13(2)20-10-9-19-8-7-15-4-3-14(11-17(15)19)12-18-16-5-6-16/h3-4,7-8,11,13,16,18H,5-6,9-10,12H2,1-2H3. The predicted octanol–water partition coefficient (Wildman–Crippen LogP) is 3.32. The quantitative estimate of drug-likeness (QED) is 0.837. The van der Waals surface area contributed by atoms with Gasteiger partial charge in [0.25, 0.3) is 0 Å². The zero-order valence-electron chi connectivity index (χ0n) is 12.4. The van der Waals surface area contributed by atoms with Gasteiger partial charge in [0.05, 0.1) is 12.7 Å². The number of nitrogens with one attached hydrogen (secondary N) is 1. The van der Waals surface area contributed by atoms with Crippen LogP contribution in [0.3, 0.4) is 0 Å². The van der Waals surface area contributed by atoms with Crippen LogP contribution in [0.15, 0.2) is 30.5 Å². The van der Waals surface area contributed by atoms with Crippen LogP contribution < -0.4 is 5.32 Å². The summed E-state index contributed by atoms with van der Waals surface area (Å²) in [6, 6.07) is 9.70. The van der Waals surface area contributed by atoms with E-state index in [-0.39, 0.29) is 0 Å². The van der Waals surface area contributed by atoms with Crippen molar-refractivity contribution < 1.29 is 4.74 Å². The summed E-state index contributed by atoms with van der Waals surface area (Å²) in [5.41, 5.74) is 2.68. The number of ether oxygens (including phenoxy) is 1. The summed E-state index contributed by atoms with van der Waals surface area (Å²) in [6.45, 7) is 6.83. The lowest BCUT2D eigenvalue weighted by Crippen LogP contribution is -2.15. The third kappa shape index (κ3) is 3.41. The highest BCUT2D eigenvalue weighted by Gasteiger charge is 2.19. The number of hydrogen-bond acceptors (Lipinski definition) is 2. The highest BCUT2D eigenvalue weighted by atomic mass is 16.5. The molecule has 1 heterocycles. The molecular weight excluding hydrogens is 248 g/mol. The summed E-state index contributed by atoms with van der Waals surface area (Å²) in [4.78, 5) is 0. The zero-order valence-corrected chi connectivity index (χ0v) is 12.4. The lowest BCUT2D eigenvalue weighted by molar-refractivity contribution is 0.0733. The molecule has 1 aromatic heterocycles. The van der Waals surface area contributed by atoms with Gasteiger partial charge in [-0.05, 0) is 49.8 Å². The number of aromatic nitrogens is 1. The van der Waals surface area contributed by atoms with Crippen molar-refractivity contribution in [3.05, 3.63) is 36.0 Å². The Morgan fingerprint density at radius 1 is 1.30 bits per heavy atom. The first kappa shape index (κ1) is 13.7. The second-order valence-electron chi connectivity index (χ2n) is 5.98. The lowest BCUT2D eigenvalue weighted by atomic mass is 10.1. The fourth-order valence-corrected chi connectivity index (χ4v) is 2.47. The molecule has 0 spiro atoms. The molecule has 20 heavy (non-hydrogen) atoms. The van der Waals surface area contributed by atoms with Crippen molar-refractivity contribution in [1.29, 1.82) is 0 Å². The van der Waals surface area contributed by atoms with Crippen LogP contribution in [0.5, 0.6) is 0 Å². The molecule has 1 aromatic carbocycles. The Balaban J connectivity index is 1.69. The highest BCUT2D eigenvalue weighted by Crippen LogP contribution is 2.21. The molecular formula is C17H24N2O. The van der Waals surface area contributed by atoms with Gasteiger partial charge in [-0.25, -0.2) is 0 Å². The average Bonchev–Trinajstić information content (AvgIpc) is 3.18. The average molecular weight is 272 g/mol. The first-order valence-electron chi connectivity index (χ1n) is 7.65. The summed E-state index contributed by atoms with van der Waals surface area (Å²) in [5.74, 6) is 0. The van der Waals surface area contributed by atoms with Gasteiger partial charge in [-0.15, -0.1) is 0 Å². The van der Waals surface area contributed by atoms with Gasteiger partial charge in [-0.3, -0.25) is 0 Å². The van der Waals surface area contributed by atoms with Gasteiger partial charge in [0, 0.05) is 30.8 Å². The van der Waals surface area contributed by atoms with Crippen LogP contribution in [-0.2, 0) is 17.8 Å². The van der Waals surface area contributed by atoms with E-state index >= 15 is 0 Å². The van der Waals surface area contributed by atoms with Crippen molar-refractivity contribution in [2.45, 2.75) is 51.9 Å². The second kappa shape index (κ2) is 5.98. The summed E-state index contributed by atoms with van der Waals surface area (Å²) >= 11 is 0. The van der Waals surface area contributed by atoms with E-state index in [0.29, 0.717) is 6.10 Å². The minimum Gasteiger partial charge on any atom is -0.377 e. The monoisotopic (exact) mass is 272 g/mol. The summed E-state index contributed by atoms with van der Waals surface area (Å²) in [5, 5.41) is 4.88. The number of fused-ring (bicyclic) bond motifs is 1. The normalized spacial score (nSPS) is 15.3. The molecule has 2 aromatic rings. The first-order valence-corrected chi connectivity index (χ1v) is 7.65. The van der Waals surface area contributed by atoms with Crippen LogP contribution in [0.25, 0.3) is 10.9 Å². The fraction of sp³-hybridized carbons (Fsp3) is 0.529. The SMILES string of the molecule is CC(C)OCCn1ccc2ccc(CNC3CC3)cc21. The Bertz CT molecular complexity index is 569. The molecule has 108 valence electrons. The minimum atomic E-state index is 0.301. The maximum absolute atomic E-state index is 5.65. The maximum Gasteiger partial charge on any atom is 0.0649 e. The lowest BCUT2D eigenvalue weighted by Gasteiger charge is -2.10. The van der Waals surface area contributed by atoms with E-state index in [1.807, 2.05) is 0 Å². The molecule has 0 bridgehead atoms. The molecule has 1 fully saturated rings. The van der Waals surface area contributed by atoms with Crippen molar-refractivity contribution in [2.24, 2.45) is 0 Å². The molecule has 0 aliphatic heterocycles. The first-order chi connectivity index (χ1) is 9.72. The van der Waals surface area contributed by atoms with E-state index in [1.54, 1.807) is 0 Å². The Morgan fingerprint density at radius 2 is 2.15 bits per heavy atom. The molecule has 0 saturated heterocycles. The van der Waals surface area contributed by atoms with E-state index in [0.717, 1.165) is 25.7 Å². The zero-order chi connectivity index (χ0) is 13.9. The van der Waals surface area contributed by atoms with Gasteiger partial charge in [-0.1, -0.05) is 12.1 Å². The molecule has 3 rings (SSSR count). The topological polar surface area (TPSA) is 26.2 Å². The smallest absolute Gasteiger partial charge is 0.0649 e. The second-order valence-corrected chi connectivity index (χ2v) is 5.98. The molecule has 1 aliphatic carbocycles. The molecule has 0 unspecified atom stereocenters. The van der Waals surface area contributed by atoms with Crippen molar-refractivity contribution in [3.63, 3.8) is 0 Å². The number of hydrogen-bond donors (Lipinski definition) is 1. The number of rotatable bonds is 7. The van der Waals surface area contributed by atoms with Gasteiger partial charge in [0.15, 0.2) is 0 Å². The Kier molecular flexibility index (Phi) is 4.08.